The third kappa shape index (κ3) is 4.05. The summed E-state index contributed by atoms with van der Waals surface area (Å²) in [4.78, 5) is 24.4. The molecule has 1 aliphatic heterocycles. The van der Waals surface area contributed by atoms with E-state index in [1.54, 1.807) is 0 Å². The van der Waals surface area contributed by atoms with Crippen molar-refractivity contribution in [3.63, 3.8) is 0 Å². The number of aromatic hydroxyl groups is 1. The number of halogens is 1. The number of carbonyl (C=O) groups is 2. The number of rotatable bonds is 4. The minimum absolute atomic E-state index is 0.00974. The molecule has 0 aliphatic carbocycles. The fourth-order valence-electron chi connectivity index (χ4n) is 3.05. The van der Waals surface area contributed by atoms with Crippen molar-refractivity contribution in [3.8, 4) is 5.88 Å². The Balaban J connectivity index is 2.15. The van der Waals surface area contributed by atoms with E-state index in [0.717, 1.165) is 23.9 Å². The second-order valence-corrected chi connectivity index (χ2v) is 9.59. The van der Waals surface area contributed by atoms with E-state index in [-0.39, 0.29) is 39.3 Å². The summed E-state index contributed by atoms with van der Waals surface area (Å²) in [5, 5.41) is 16.5. The molecule has 1 amide bonds. The Morgan fingerprint density at radius 3 is 2.50 bits per heavy atom. The largest absolute Gasteiger partial charge is 0.493 e. The topological polar surface area (TPSA) is 114 Å². The number of benzene rings is 1. The lowest BCUT2D eigenvalue weighted by molar-refractivity contribution is -0.114. The average molecular weight is 425 g/mol. The maximum absolute atomic E-state index is 13.1. The maximum Gasteiger partial charge on any atom is 0.221 e. The molecule has 28 heavy (non-hydrogen) atoms. The SMILES string of the molecule is CC(=O)Nc1ccc(C(=O)c2cnn(C)c2O)c(Cl)c1N=S1(=O)CCCCC1. The van der Waals surface area contributed by atoms with E-state index < -0.39 is 15.5 Å². The van der Waals surface area contributed by atoms with Crippen LogP contribution in [-0.2, 0) is 21.6 Å². The lowest BCUT2D eigenvalue weighted by Crippen LogP contribution is -2.16. The maximum atomic E-state index is 13.1. The Morgan fingerprint density at radius 1 is 1.25 bits per heavy atom. The Labute approximate surface area is 168 Å². The van der Waals surface area contributed by atoms with Crippen molar-refractivity contribution in [1.29, 1.82) is 0 Å². The molecular weight excluding hydrogens is 404 g/mol. The number of aryl methyl sites for hydroxylation is 1. The molecule has 1 aromatic carbocycles. The van der Waals surface area contributed by atoms with Gasteiger partial charge in [0.2, 0.25) is 17.6 Å². The normalized spacial score (nSPS) is 15.8. The molecule has 0 radical (unpaired) electrons. The molecule has 150 valence electrons. The minimum Gasteiger partial charge on any atom is -0.493 e. The molecule has 1 aliphatic rings. The molecular formula is C18H21ClN4O4S. The van der Waals surface area contributed by atoms with E-state index in [1.165, 1.54) is 32.3 Å². The van der Waals surface area contributed by atoms with Gasteiger partial charge in [0.1, 0.15) is 11.3 Å². The molecule has 1 saturated heterocycles. The summed E-state index contributed by atoms with van der Waals surface area (Å²) in [6.45, 7) is 1.34. The van der Waals surface area contributed by atoms with E-state index in [1.807, 2.05) is 0 Å². The van der Waals surface area contributed by atoms with Gasteiger partial charge in [0.15, 0.2) is 0 Å². The molecule has 2 heterocycles. The number of anilines is 1. The van der Waals surface area contributed by atoms with Crippen molar-refractivity contribution in [2.45, 2.75) is 26.2 Å². The number of carbonyl (C=O) groups excluding carboxylic acids is 2. The van der Waals surface area contributed by atoms with Crippen LogP contribution in [0.2, 0.25) is 5.02 Å². The lowest BCUT2D eigenvalue weighted by atomic mass is 10.0. The highest BCUT2D eigenvalue weighted by molar-refractivity contribution is 7.93. The van der Waals surface area contributed by atoms with Gasteiger partial charge in [-0.3, -0.25) is 9.59 Å². The second kappa shape index (κ2) is 7.92. The predicted molar refractivity (Wildman–Crippen MR) is 108 cm³/mol. The van der Waals surface area contributed by atoms with E-state index in [2.05, 4.69) is 14.8 Å². The molecule has 1 aromatic heterocycles. The quantitative estimate of drug-likeness (QED) is 0.731. The second-order valence-electron chi connectivity index (χ2n) is 6.67. The minimum atomic E-state index is -2.52. The molecule has 0 spiro atoms. The van der Waals surface area contributed by atoms with Gasteiger partial charge in [-0.2, -0.15) is 9.46 Å². The molecule has 3 rings (SSSR count). The monoisotopic (exact) mass is 424 g/mol. The van der Waals surface area contributed by atoms with E-state index >= 15 is 0 Å². The molecule has 0 atom stereocenters. The van der Waals surface area contributed by atoms with Crippen molar-refractivity contribution in [3.05, 3.63) is 34.5 Å². The lowest BCUT2D eigenvalue weighted by Gasteiger charge is -2.17. The van der Waals surface area contributed by atoms with Gasteiger partial charge < -0.3 is 10.4 Å². The molecule has 2 aromatic rings. The van der Waals surface area contributed by atoms with Crippen LogP contribution in [0.15, 0.2) is 22.7 Å². The zero-order valence-corrected chi connectivity index (χ0v) is 17.1. The van der Waals surface area contributed by atoms with Crippen LogP contribution in [-0.4, -0.2) is 42.3 Å². The molecule has 0 unspecified atom stereocenters. The van der Waals surface area contributed by atoms with Crippen LogP contribution in [0.4, 0.5) is 11.4 Å². The van der Waals surface area contributed by atoms with E-state index in [9.17, 15) is 18.9 Å². The van der Waals surface area contributed by atoms with Crippen LogP contribution in [0.1, 0.15) is 42.1 Å². The number of amides is 1. The van der Waals surface area contributed by atoms with Gasteiger partial charge in [-0.1, -0.05) is 18.0 Å². The summed E-state index contributed by atoms with van der Waals surface area (Å²) in [7, 11) is -1.02. The average Bonchev–Trinajstić information content (AvgIpc) is 2.97. The Kier molecular flexibility index (Phi) is 5.76. The number of hydrogen-bond acceptors (Lipinski definition) is 6. The highest BCUT2D eigenvalue weighted by Crippen LogP contribution is 2.39. The van der Waals surface area contributed by atoms with Gasteiger partial charge in [-0.25, -0.2) is 8.89 Å². The Hall–Kier alpha value is -2.39. The predicted octanol–water partition coefficient (Wildman–Crippen LogP) is 3.25. The van der Waals surface area contributed by atoms with Crippen LogP contribution in [0.3, 0.4) is 0 Å². The van der Waals surface area contributed by atoms with Crippen LogP contribution >= 0.6 is 11.6 Å². The molecule has 1 fully saturated rings. The van der Waals surface area contributed by atoms with Crippen LogP contribution in [0.5, 0.6) is 5.88 Å². The summed E-state index contributed by atoms with van der Waals surface area (Å²) < 4.78 is 18.7. The number of nitrogens with zero attached hydrogens (tertiary/aromatic N) is 3. The fourth-order valence-corrected chi connectivity index (χ4v) is 5.61. The van der Waals surface area contributed by atoms with Crippen molar-refractivity contribution >= 4 is 44.4 Å². The molecule has 0 bridgehead atoms. The smallest absolute Gasteiger partial charge is 0.221 e. The third-order valence-corrected chi connectivity index (χ3v) is 7.26. The number of ketones is 1. The van der Waals surface area contributed by atoms with Gasteiger partial charge in [0.25, 0.3) is 0 Å². The number of nitrogens with one attached hydrogen (secondary N) is 1. The number of hydrogen-bond donors (Lipinski definition) is 2. The summed E-state index contributed by atoms with van der Waals surface area (Å²) in [6, 6.07) is 2.94. The molecule has 0 saturated carbocycles. The van der Waals surface area contributed by atoms with Crippen molar-refractivity contribution in [1.82, 2.24) is 9.78 Å². The standard InChI is InChI=1S/C18H21ClN4O4S/c1-11(24)21-14-7-6-12(17(25)13-10-20-23(2)18(13)26)15(19)16(14)22-28(27)8-4-3-5-9-28/h6-7,10,26H,3-5,8-9H2,1-2H3,(H,21,24). The zero-order chi connectivity index (χ0) is 20.5. The van der Waals surface area contributed by atoms with E-state index in [0.29, 0.717) is 11.5 Å². The molecule has 2 N–H and O–H groups in total. The first kappa shape index (κ1) is 20.3. The van der Waals surface area contributed by atoms with Gasteiger partial charge in [0, 0.05) is 31.0 Å². The summed E-state index contributed by atoms with van der Waals surface area (Å²) >= 11 is 6.48. The first-order valence-corrected chi connectivity index (χ1v) is 11.0. The summed E-state index contributed by atoms with van der Waals surface area (Å²) in [5.74, 6) is -0.270. The van der Waals surface area contributed by atoms with Gasteiger partial charge in [0.05, 0.1) is 26.6 Å². The Bertz CT molecular complexity index is 1060. The van der Waals surface area contributed by atoms with Gasteiger partial charge >= 0.3 is 0 Å². The summed E-state index contributed by atoms with van der Waals surface area (Å²) in [5.41, 5.74) is 0.483. The van der Waals surface area contributed by atoms with Crippen molar-refractivity contribution in [2.75, 3.05) is 16.8 Å². The van der Waals surface area contributed by atoms with Crippen LogP contribution < -0.4 is 5.32 Å². The molecule has 8 nitrogen and oxygen atoms in total. The highest BCUT2D eigenvalue weighted by atomic mass is 35.5. The third-order valence-electron chi connectivity index (χ3n) is 4.51. The van der Waals surface area contributed by atoms with Crippen molar-refractivity contribution in [2.24, 2.45) is 11.4 Å². The molecule has 10 heteroatoms. The van der Waals surface area contributed by atoms with Crippen LogP contribution in [0.25, 0.3) is 0 Å². The van der Waals surface area contributed by atoms with Crippen LogP contribution in [0, 0.1) is 0 Å². The zero-order valence-electron chi connectivity index (χ0n) is 15.6. The van der Waals surface area contributed by atoms with Gasteiger partial charge in [-0.15, -0.1) is 0 Å². The fraction of sp³-hybridized carbons (Fsp3) is 0.389. The first-order chi connectivity index (χ1) is 13.2. The van der Waals surface area contributed by atoms with E-state index in [4.69, 9.17) is 11.6 Å². The Morgan fingerprint density at radius 2 is 1.93 bits per heavy atom. The highest BCUT2D eigenvalue weighted by Gasteiger charge is 2.24. The first-order valence-electron chi connectivity index (χ1n) is 8.80. The summed E-state index contributed by atoms with van der Waals surface area (Å²) in [6.07, 6.45) is 3.85. The number of aromatic nitrogens is 2. The van der Waals surface area contributed by atoms with Crippen molar-refractivity contribution < 1.29 is 18.9 Å². The van der Waals surface area contributed by atoms with Gasteiger partial charge in [-0.05, 0) is 25.0 Å².